The highest BCUT2D eigenvalue weighted by Gasteiger charge is 2.34. The fourth-order valence-corrected chi connectivity index (χ4v) is 3.56. The number of hydrogen-bond acceptors (Lipinski definition) is 3. The van der Waals surface area contributed by atoms with Gasteiger partial charge < -0.3 is 9.64 Å². The largest absolute Gasteiger partial charge is 0.444 e. The van der Waals surface area contributed by atoms with E-state index in [0.717, 1.165) is 48.5 Å². The van der Waals surface area contributed by atoms with Crippen LogP contribution in [0.3, 0.4) is 0 Å². The lowest BCUT2D eigenvalue weighted by Gasteiger charge is -2.30. The summed E-state index contributed by atoms with van der Waals surface area (Å²) in [6.07, 6.45) is 4.48. The fourth-order valence-electron chi connectivity index (χ4n) is 3.31. The molecule has 0 bridgehead atoms. The monoisotopic (exact) mass is 334 g/mol. The Bertz CT molecular complexity index is 649. The second-order valence-corrected chi connectivity index (χ2v) is 7.62. The van der Waals surface area contributed by atoms with Crippen LogP contribution in [-0.4, -0.2) is 35.9 Å². The summed E-state index contributed by atoms with van der Waals surface area (Å²) in [7, 11) is 0. The van der Waals surface area contributed by atoms with Gasteiger partial charge in [-0.25, -0.2) is 4.79 Å². The molecule has 0 N–H and O–H groups in total. The summed E-state index contributed by atoms with van der Waals surface area (Å²) in [6, 6.07) is 4.01. The molecule has 1 saturated heterocycles. The van der Waals surface area contributed by atoms with Crippen molar-refractivity contribution >= 4 is 23.9 Å². The number of fused-ring (bicyclic) bond motifs is 1. The van der Waals surface area contributed by atoms with E-state index in [4.69, 9.17) is 16.3 Å². The first-order chi connectivity index (χ1) is 10.8. The van der Waals surface area contributed by atoms with Crippen molar-refractivity contribution in [1.82, 2.24) is 4.90 Å². The molecule has 0 aromatic heterocycles. The second-order valence-electron chi connectivity index (χ2n) is 7.18. The van der Waals surface area contributed by atoms with E-state index in [2.05, 4.69) is 4.99 Å². The lowest BCUT2D eigenvalue weighted by Crippen LogP contribution is -2.36. The number of hydrogen-bond donors (Lipinski definition) is 0. The highest BCUT2D eigenvalue weighted by atomic mass is 35.5. The molecule has 1 aromatic carbocycles. The summed E-state index contributed by atoms with van der Waals surface area (Å²) in [5.74, 6) is 0. The lowest BCUT2D eigenvalue weighted by molar-refractivity contribution is 0.0224. The van der Waals surface area contributed by atoms with Crippen molar-refractivity contribution in [3.63, 3.8) is 0 Å². The average molecular weight is 335 g/mol. The van der Waals surface area contributed by atoms with Gasteiger partial charge in [-0.1, -0.05) is 11.6 Å². The van der Waals surface area contributed by atoms with Crippen LogP contribution in [0.2, 0.25) is 5.02 Å². The van der Waals surface area contributed by atoms with Gasteiger partial charge in [-0.05, 0) is 63.3 Å². The van der Waals surface area contributed by atoms with Crippen LogP contribution in [0, 0.1) is 0 Å². The van der Waals surface area contributed by atoms with E-state index < -0.39 is 5.60 Å². The Morgan fingerprint density at radius 1 is 1.39 bits per heavy atom. The Hall–Kier alpha value is -1.55. The van der Waals surface area contributed by atoms with Gasteiger partial charge in [0.15, 0.2) is 0 Å². The maximum atomic E-state index is 12.5. The first kappa shape index (κ1) is 16.3. The number of aliphatic imine (C=N–C) groups is 1. The van der Waals surface area contributed by atoms with E-state index >= 15 is 0 Å². The van der Waals surface area contributed by atoms with Crippen molar-refractivity contribution < 1.29 is 9.53 Å². The van der Waals surface area contributed by atoms with Gasteiger partial charge >= 0.3 is 6.09 Å². The zero-order chi connectivity index (χ0) is 16.6. The minimum atomic E-state index is -0.487. The number of likely N-dealkylation sites (tertiary alicyclic amines) is 1. The molecule has 2 heterocycles. The predicted molar refractivity (Wildman–Crippen MR) is 92.5 cm³/mol. The van der Waals surface area contributed by atoms with Gasteiger partial charge in [0.05, 0.1) is 6.04 Å². The quantitative estimate of drug-likeness (QED) is 0.764. The van der Waals surface area contributed by atoms with E-state index in [1.165, 1.54) is 5.56 Å². The zero-order valence-corrected chi connectivity index (χ0v) is 14.7. The predicted octanol–water partition coefficient (Wildman–Crippen LogP) is 4.39. The summed E-state index contributed by atoms with van der Waals surface area (Å²) >= 11 is 6.31. The van der Waals surface area contributed by atoms with Crippen molar-refractivity contribution in [1.29, 1.82) is 0 Å². The highest BCUT2D eigenvalue weighted by Crippen LogP contribution is 2.37. The van der Waals surface area contributed by atoms with Crippen LogP contribution in [0.5, 0.6) is 0 Å². The minimum absolute atomic E-state index is 0.0156. The summed E-state index contributed by atoms with van der Waals surface area (Å²) in [6.45, 7) is 7.20. The van der Waals surface area contributed by atoms with Gasteiger partial charge in [-0.3, -0.25) is 4.99 Å². The van der Waals surface area contributed by atoms with Crippen molar-refractivity contribution in [2.45, 2.75) is 51.7 Å². The first-order valence-electron chi connectivity index (χ1n) is 8.17. The fraction of sp³-hybridized carbons (Fsp3) is 0.556. The molecule has 2 aliphatic heterocycles. The number of carbonyl (C=O) groups excluding carboxylic acids is 1. The molecule has 23 heavy (non-hydrogen) atoms. The number of halogens is 1. The van der Waals surface area contributed by atoms with Gasteiger partial charge in [0.25, 0.3) is 0 Å². The third-order valence-corrected chi connectivity index (χ3v) is 4.45. The molecule has 0 saturated carbocycles. The molecular weight excluding hydrogens is 312 g/mol. The van der Waals surface area contributed by atoms with Crippen LogP contribution in [0.4, 0.5) is 4.79 Å². The van der Waals surface area contributed by atoms with Gasteiger partial charge in [0.1, 0.15) is 5.60 Å². The van der Waals surface area contributed by atoms with E-state index in [1.807, 2.05) is 44.0 Å². The molecule has 4 nitrogen and oxygen atoms in total. The number of ether oxygens (including phenoxy) is 1. The van der Waals surface area contributed by atoms with Crippen LogP contribution in [0.1, 0.15) is 56.3 Å². The van der Waals surface area contributed by atoms with Gasteiger partial charge in [0.2, 0.25) is 0 Å². The number of benzene rings is 1. The van der Waals surface area contributed by atoms with Crippen molar-refractivity contribution in [2.75, 3.05) is 13.1 Å². The summed E-state index contributed by atoms with van der Waals surface area (Å²) in [5.41, 5.74) is 2.96. The van der Waals surface area contributed by atoms with Crippen LogP contribution in [-0.2, 0) is 11.2 Å². The molecular formula is C18H23ClN2O2. The van der Waals surface area contributed by atoms with Crippen molar-refractivity contribution in [3.05, 3.63) is 33.8 Å². The summed E-state index contributed by atoms with van der Waals surface area (Å²) in [4.78, 5) is 18.8. The Morgan fingerprint density at radius 2 is 2.17 bits per heavy atom. The zero-order valence-electron chi connectivity index (χ0n) is 13.9. The van der Waals surface area contributed by atoms with Crippen LogP contribution >= 0.6 is 11.6 Å². The second kappa shape index (κ2) is 6.16. The molecule has 0 radical (unpaired) electrons. The third kappa shape index (κ3) is 3.52. The lowest BCUT2D eigenvalue weighted by atomic mass is 9.92. The molecule has 2 aliphatic rings. The van der Waals surface area contributed by atoms with Crippen LogP contribution in [0.25, 0.3) is 0 Å². The van der Waals surface area contributed by atoms with Gasteiger partial charge in [0, 0.05) is 29.9 Å². The van der Waals surface area contributed by atoms with E-state index in [1.54, 1.807) is 0 Å². The van der Waals surface area contributed by atoms with E-state index in [9.17, 15) is 4.79 Å². The molecule has 1 amide bonds. The standard InChI is InChI=1S/C18H23ClN2O2/c1-18(2,3)23-17(22)21-8-4-5-16(21)14-10-13(19)9-12-6-7-20-11-15(12)14/h9-11,16H,4-8H2,1-3H3/t16-/m0/s1. The summed E-state index contributed by atoms with van der Waals surface area (Å²) in [5, 5.41) is 0.727. The first-order valence-corrected chi connectivity index (χ1v) is 8.55. The molecule has 1 aromatic rings. The average Bonchev–Trinajstić information content (AvgIpc) is 2.93. The topological polar surface area (TPSA) is 41.9 Å². The molecule has 3 rings (SSSR count). The number of carbonyl (C=O) groups is 1. The van der Waals surface area contributed by atoms with E-state index in [-0.39, 0.29) is 12.1 Å². The molecule has 0 aliphatic carbocycles. The Labute approximate surface area is 142 Å². The maximum Gasteiger partial charge on any atom is 0.410 e. The van der Waals surface area contributed by atoms with Gasteiger partial charge in [-0.15, -0.1) is 0 Å². The summed E-state index contributed by atoms with van der Waals surface area (Å²) < 4.78 is 5.57. The smallest absolute Gasteiger partial charge is 0.410 e. The number of rotatable bonds is 1. The molecule has 5 heteroatoms. The Morgan fingerprint density at radius 3 is 2.91 bits per heavy atom. The molecule has 124 valence electrons. The molecule has 0 spiro atoms. The third-order valence-electron chi connectivity index (χ3n) is 4.23. The van der Waals surface area contributed by atoms with Crippen LogP contribution in [0.15, 0.2) is 17.1 Å². The molecule has 1 atom stereocenters. The highest BCUT2D eigenvalue weighted by molar-refractivity contribution is 6.30. The number of amides is 1. The van der Waals surface area contributed by atoms with Crippen LogP contribution < -0.4 is 0 Å². The van der Waals surface area contributed by atoms with E-state index in [0.29, 0.717) is 0 Å². The van der Waals surface area contributed by atoms with Crippen molar-refractivity contribution in [2.24, 2.45) is 4.99 Å². The molecule has 0 unspecified atom stereocenters. The Kier molecular flexibility index (Phi) is 4.37. The van der Waals surface area contributed by atoms with Gasteiger partial charge in [-0.2, -0.15) is 0 Å². The minimum Gasteiger partial charge on any atom is -0.444 e. The normalized spacial score (nSPS) is 20.5. The SMILES string of the molecule is CC(C)(C)OC(=O)N1CCC[C@H]1c1cc(Cl)cc2c1C=NCC2. The maximum absolute atomic E-state index is 12.5. The number of nitrogens with zero attached hydrogens (tertiary/aromatic N) is 2. The van der Waals surface area contributed by atoms with Crippen molar-refractivity contribution in [3.8, 4) is 0 Å². The Balaban J connectivity index is 1.93. The molecule has 1 fully saturated rings.